The van der Waals surface area contributed by atoms with Gasteiger partial charge >= 0.3 is 41.0 Å². The molecule has 0 heterocycles. The molecule has 0 aliphatic rings. The minimum Gasteiger partial charge on any atom is -0.0616 e. The molecule has 2 aromatic rings. The molecule has 0 radical (unpaired) electrons. The van der Waals surface area contributed by atoms with Crippen molar-refractivity contribution in [2.45, 2.75) is 30.8 Å². The van der Waals surface area contributed by atoms with Gasteiger partial charge in [-0.2, -0.15) is 0 Å². The fourth-order valence-corrected chi connectivity index (χ4v) is 3.15. The Labute approximate surface area is 107 Å². The Morgan fingerprint density at radius 1 is 0.875 bits per heavy atom. The normalized spacial score (nSPS) is 9.19. The van der Waals surface area contributed by atoms with Gasteiger partial charge in [0, 0.05) is 0 Å². The van der Waals surface area contributed by atoms with Gasteiger partial charge in [-0.25, -0.2) is 0 Å². The summed E-state index contributed by atoms with van der Waals surface area (Å²) >= 11 is 0.0972. The first kappa shape index (κ1) is 13.4. The fourth-order valence-electron chi connectivity index (χ4n) is 1.66. The first-order valence-electron chi connectivity index (χ1n) is 6.23. The molecule has 0 saturated carbocycles. The molecule has 2 rings (SSSR count). The van der Waals surface area contributed by atoms with Gasteiger partial charge in [0.1, 0.15) is 0 Å². The van der Waals surface area contributed by atoms with Crippen LogP contribution in [0.15, 0.2) is 42.5 Å². The van der Waals surface area contributed by atoms with Crippen molar-refractivity contribution in [3.05, 3.63) is 48.0 Å². The van der Waals surface area contributed by atoms with Gasteiger partial charge in [-0.3, -0.25) is 0 Å². The van der Waals surface area contributed by atoms with Crippen molar-refractivity contribution in [3.8, 4) is 0 Å². The van der Waals surface area contributed by atoms with Gasteiger partial charge in [-0.15, -0.1) is 0 Å². The van der Waals surface area contributed by atoms with E-state index in [0.29, 0.717) is 0 Å². The number of rotatable bonds is 2. The van der Waals surface area contributed by atoms with Crippen LogP contribution in [0, 0.1) is 6.92 Å². The summed E-state index contributed by atoms with van der Waals surface area (Å²) < 4.78 is 0. The largest absolute Gasteiger partial charge is 0.0616 e. The molecule has 0 nitrogen and oxygen atoms in total. The number of aryl methyl sites for hydroxylation is 1. The van der Waals surface area contributed by atoms with Gasteiger partial charge in [0.05, 0.1) is 0 Å². The van der Waals surface area contributed by atoms with Crippen molar-refractivity contribution >= 4 is 10.8 Å². The molecule has 16 heavy (non-hydrogen) atoms. The van der Waals surface area contributed by atoms with E-state index in [1.54, 1.807) is 0 Å². The molecule has 1 heteroatoms. The van der Waals surface area contributed by atoms with E-state index in [-0.39, 0.29) is 17.1 Å². The van der Waals surface area contributed by atoms with Crippen LogP contribution in [0.3, 0.4) is 0 Å². The van der Waals surface area contributed by atoms with E-state index in [1.807, 2.05) is 0 Å². The Morgan fingerprint density at radius 3 is 2.06 bits per heavy atom. The monoisotopic (exact) mass is 264 g/mol. The van der Waals surface area contributed by atoms with Crippen LogP contribution in [0.25, 0.3) is 10.8 Å². The van der Waals surface area contributed by atoms with Gasteiger partial charge in [-0.05, 0) is 17.7 Å². The van der Waals surface area contributed by atoms with Crippen molar-refractivity contribution in [2.24, 2.45) is 0 Å². The van der Waals surface area contributed by atoms with Gasteiger partial charge in [0.15, 0.2) is 0 Å². The zero-order valence-electron chi connectivity index (χ0n) is 10.7. The van der Waals surface area contributed by atoms with Gasteiger partial charge in [0.25, 0.3) is 0 Å². The zero-order valence-corrected chi connectivity index (χ0v) is 13.6. The quantitative estimate of drug-likeness (QED) is 0.663. The van der Waals surface area contributed by atoms with E-state index in [4.69, 9.17) is 0 Å². The van der Waals surface area contributed by atoms with Crippen molar-refractivity contribution < 1.29 is 17.1 Å². The maximum Gasteiger partial charge on any atom is -0.0181 e. The van der Waals surface area contributed by atoms with Crippen LogP contribution in [-0.2, 0) is 17.1 Å². The van der Waals surface area contributed by atoms with Crippen LogP contribution in [-0.4, -0.2) is 0 Å². The first-order chi connectivity index (χ1) is 7.77. The van der Waals surface area contributed by atoms with E-state index in [9.17, 15) is 0 Å². The third kappa shape index (κ3) is 4.45. The summed E-state index contributed by atoms with van der Waals surface area (Å²) in [4.78, 5) is 0. The predicted molar refractivity (Wildman–Crippen MR) is 69.6 cm³/mol. The Morgan fingerprint density at radius 2 is 1.50 bits per heavy atom. The topological polar surface area (TPSA) is 0 Å². The van der Waals surface area contributed by atoms with Crippen LogP contribution in [0.5, 0.6) is 0 Å². The number of hydrogen-bond acceptors (Lipinski definition) is 0. The van der Waals surface area contributed by atoms with Crippen molar-refractivity contribution in [2.75, 3.05) is 0 Å². The standard InChI is InChI=1S/C11H10.2C2H5.Zn/c1-9-6-7-10-4-2-3-5-11(10)8-9;2*1-2;/h2-8H,1H3;2*1H2,2H3;. The molecule has 0 saturated heterocycles. The molecule has 0 aromatic heterocycles. The van der Waals surface area contributed by atoms with E-state index < -0.39 is 0 Å². The second kappa shape index (κ2) is 7.57. The molecule has 0 aliphatic carbocycles. The number of fused-ring (bicyclic) bond motifs is 1. The average Bonchev–Trinajstić information content (AvgIpc) is 2.31. The van der Waals surface area contributed by atoms with Crippen molar-refractivity contribution in [1.82, 2.24) is 0 Å². The molecule has 2 aromatic carbocycles. The van der Waals surface area contributed by atoms with Crippen LogP contribution >= 0.6 is 0 Å². The zero-order chi connectivity index (χ0) is 11.8. The molecule has 0 aliphatic heterocycles. The Bertz CT molecular complexity index is 418. The summed E-state index contributed by atoms with van der Waals surface area (Å²) in [5, 5.41) is 5.71. The molecule has 0 atom stereocenters. The Balaban J connectivity index is 0.000000221. The summed E-state index contributed by atoms with van der Waals surface area (Å²) in [6.07, 6.45) is 0. The van der Waals surface area contributed by atoms with Gasteiger partial charge < -0.3 is 0 Å². The molecule has 0 spiro atoms. The van der Waals surface area contributed by atoms with Crippen LogP contribution in [0.4, 0.5) is 0 Å². The van der Waals surface area contributed by atoms with Crippen LogP contribution < -0.4 is 0 Å². The molecule has 0 fully saturated rings. The second-order valence-corrected chi connectivity index (χ2v) is 9.88. The maximum absolute atomic E-state index is 2.30. The van der Waals surface area contributed by atoms with E-state index in [2.05, 4.69) is 63.2 Å². The molecule has 0 unspecified atom stereocenters. The van der Waals surface area contributed by atoms with Crippen LogP contribution in [0.2, 0.25) is 10.0 Å². The average molecular weight is 266 g/mol. The van der Waals surface area contributed by atoms with Gasteiger partial charge in [0.2, 0.25) is 0 Å². The summed E-state index contributed by atoms with van der Waals surface area (Å²) in [7, 11) is 0. The second-order valence-electron chi connectivity index (χ2n) is 4.20. The van der Waals surface area contributed by atoms with Crippen molar-refractivity contribution in [1.29, 1.82) is 0 Å². The summed E-state index contributed by atoms with van der Waals surface area (Å²) in [5.41, 5.74) is 1.32. The molecule has 82 valence electrons. The summed E-state index contributed by atoms with van der Waals surface area (Å²) in [6, 6.07) is 14.9. The maximum atomic E-state index is 2.30. The van der Waals surface area contributed by atoms with E-state index >= 15 is 0 Å². The van der Waals surface area contributed by atoms with Crippen LogP contribution in [0.1, 0.15) is 19.4 Å². The Hall–Kier alpha value is -0.677. The molecular weight excluding hydrogens is 246 g/mol. The molecule has 0 bridgehead atoms. The SMILES string of the molecule is C[CH2][Zn][CH2]C.Cc1ccc2ccccc2c1. The number of benzene rings is 2. The van der Waals surface area contributed by atoms with Crippen molar-refractivity contribution in [3.63, 3.8) is 0 Å². The molecule has 0 amide bonds. The molecular formula is C15H20Zn. The fraction of sp³-hybridized carbons (Fsp3) is 0.333. The third-order valence-electron chi connectivity index (χ3n) is 2.61. The minimum atomic E-state index is 0.0972. The Kier molecular flexibility index (Phi) is 6.34. The van der Waals surface area contributed by atoms with E-state index in [0.717, 1.165) is 0 Å². The first-order valence-corrected chi connectivity index (χ1v) is 10.4. The molecule has 0 N–H and O–H groups in total. The smallest absolute Gasteiger partial charge is 0.0181 e. The minimum absolute atomic E-state index is 0.0972. The van der Waals surface area contributed by atoms with Gasteiger partial charge in [-0.1, -0.05) is 48.0 Å². The summed E-state index contributed by atoms with van der Waals surface area (Å²) in [6.45, 7) is 6.71. The third-order valence-corrected chi connectivity index (χ3v) is 5.58. The summed E-state index contributed by atoms with van der Waals surface area (Å²) in [5.74, 6) is 0. The van der Waals surface area contributed by atoms with E-state index in [1.165, 1.54) is 26.4 Å². The predicted octanol–water partition coefficient (Wildman–Crippen LogP) is 5.09. The number of hydrogen-bond donors (Lipinski definition) is 0.